The van der Waals surface area contributed by atoms with E-state index < -0.39 is 39.4 Å². The van der Waals surface area contributed by atoms with E-state index in [0.717, 1.165) is 11.0 Å². The zero-order valence-corrected chi connectivity index (χ0v) is 12.5. The van der Waals surface area contributed by atoms with Gasteiger partial charge in [-0.2, -0.15) is 5.10 Å². The van der Waals surface area contributed by atoms with Crippen molar-refractivity contribution in [2.24, 2.45) is 0 Å². The number of rotatable bonds is 2. The SMILES string of the molecule is Fc1c(F)c(C2(n3ncnc3Cl)CCCC2)c(F)c(F)c1Cl. The summed E-state index contributed by atoms with van der Waals surface area (Å²) in [5.41, 5.74) is -2.18. The summed E-state index contributed by atoms with van der Waals surface area (Å²) in [6, 6.07) is 0. The molecule has 22 heavy (non-hydrogen) atoms. The number of hydrogen-bond donors (Lipinski definition) is 0. The number of hydrogen-bond acceptors (Lipinski definition) is 2. The molecule has 1 fully saturated rings. The third-order valence-corrected chi connectivity index (χ3v) is 4.61. The highest BCUT2D eigenvalue weighted by molar-refractivity contribution is 6.31. The van der Waals surface area contributed by atoms with E-state index in [4.69, 9.17) is 23.2 Å². The van der Waals surface area contributed by atoms with Gasteiger partial charge in [0.2, 0.25) is 5.28 Å². The maximum Gasteiger partial charge on any atom is 0.221 e. The fourth-order valence-corrected chi connectivity index (χ4v) is 3.47. The van der Waals surface area contributed by atoms with Gasteiger partial charge in [0.05, 0.1) is 11.1 Å². The zero-order chi connectivity index (χ0) is 16.1. The first-order valence-corrected chi connectivity index (χ1v) is 7.23. The maximum absolute atomic E-state index is 14.4. The van der Waals surface area contributed by atoms with E-state index in [1.807, 2.05) is 0 Å². The monoisotopic (exact) mass is 353 g/mol. The molecule has 0 unspecified atom stereocenters. The second kappa shape index (κ2) is 5.38. The second-order valence-electron chi connectivity index (χ2n) is 5.12. The Bertz CT molecular complexity index is 712. The zero-order valence-electron chi connectivity index (χ0n) is 11.0. The van der Waals surface area contributed by atoms with Crippen LogP contribution in [-0.2, 0) is 5.54 Å². The molecular formula is C13H9Cl2F4N3. The summed E-state index contributed by atoms with van der Waals surface area (Å²) >= 11 is 11.2. The Labute approximate surface area is 132 Å². The van der Waals surface area contributed by atoms with E-state index in [1.165, 1.54) is 0 Å². The average Bonchev–Trinajstić information content (AvgIpc) is 3.13. The Morgan fingerprint density at radius 1 is 0.955 bits per heavy atom. The van der Waals surface area contributed by atoms with Crippen molar-refractivity contribution in [2.75, 3.05) is 0 Å². The summed E-state index contributed by atoms with van der Waals surface area (Å²) in [5.74, 6) is -6.31. The molecule has 3 rings (SSSR count). The summed E-state index contributed by atoms with van der Waals surface area (Å²) in [6.45, 7) is 0. The number of nitrogens with zero attached hydrogens (tertiary/aromatic N) is 3. The molecule has 0 bridgehead atoms. The fraction of sp³-hybridized carbons (Fsp3) is 0.385. The first-order chi connectivity index (χ1) is 10.4. The lowest BCUT2D eigenvalue weighted by Crippen LogP contribution is -2.36. The van der Waals surface area contributed by atoms with Gasteiger partial charge in [0.25, 0.3) is 0 Å². The molecule has 1 heterocycles. The predicted molar refractivity (Wildman–Crippen MR) is 71.9 cm³/mol. The van der Waals surface area contributed by atoms with Gasteiger partial charge in [-0.15, -0.1) is 0 Å². The van der Waals surface area contributed by atoms with Gasteiger partial charge in [-0.3, -0.25) is 0 Å². The largest absolute Gasteiger partial charge is 0.226 e. The van der Waals surface area contributed by atoms with Crippen molar-refractivity contribution >= 4 is 23.2 Å². The Morgan fingerprint density at radius 3 is 1.95 bits per heavy atom. The van der Waals surface area contributed by atoms with Gasteiger partial charge >= 0.3 is 0 Å². The van der Waals surface area contributed by atoms with Crippen LogP contribution in [0.4, 0.5) is 17.6 Å². The summed E-state index contributed by atoms with van der Waals surface area (Å²) < 4.78 is 57.4. The van der Waals surface area contributed by atoms with Gasteiger partial charge in [0, 0.05) is 0 Å². The van der Waals surface area contributed by atoms with Gasteiger partial charge in [0.15, 0.2) is 23.3 Å². The van der Waals surface area contributed by atoms with E-state index in [-0.39, 0.29) is 18.1 Å². The van der Waals surface area contributed by atoms with Crippen LogP contribution in [-0.4, -0.2) is 14.8 Å². The molecule has 0 atom stereocenters. The average molecular weight is 354 g/mol. The molecule has 0 radical (unpaired) electrons. The van der Waals surface area contributed by atoms with Crippen molar-refractivity contribution in [3.8, 4) is 0 Å². The predicted octanol–water partition coefficient (Wildman–Crippen LogP) is 4.46. The summed E-state index contributed by atoms with van der Waals surface area (Å²) in [4.78, 5) is 3.71. The molecule has 3 nitrogen and oxygen atoms in total. The third-order valence-electron chi connectivity index (χ3n) is 4.02. The molecule has 1 aromatic heterocycles. The lowest BCUT2D eigenvalue weighted by Gasteiger charge is -2.31. The molecular weight excluding hydrogens is 345 g/mol. The van der Waals surface area contributed by atoms with Crippen LogP contribution in [0.1, 0.15) is 31.2 Å². The molecule has 9 heteroatoms. The van der Waals surface area contributed by atoms with E-state index in [9.17, 15) is 17.6 Å². The van der Waals surface area contributed by atoms with E-state index in [1.54, 1.807) is 0 Å². The molecule has 1 aliphatic rings. The quantitative estimate of drug-likeness (QED) is 0.453. The van der Waals surface area contributed by atoms with Crippen LogP contribution in [0.3, 0.4) is 0 Å². The summed E-state index contributed by atoms with van der Waals surface area (Å²) in [6.07, 6.45) is 2.76. The number of aromatic nitrogens is 3. The summed E-state index contributed by atoms with van der Waals surface area (Å²) in [5, 5.41) is 2.55. The second-order valence-corrected chi connectivity index (χ2v) is 5.84. The minimum Gasteiger partial charge on any atom is -0.226 e. The molecule has 0 spiro atoms. The normalized spacial score (nSPS) is 17.2. The number of halogens is 6. The third kappa shape index (κ3) is 2.02. The lowest BCUT2D eigenvalue weighted by atomic mass is 9.87. The first-order valence-electron chi connectivity index (χ1n) is 6.48. The minimum atomic E-state index is -1.63. The van der Waals surface area contributed by atoms with Crippen molar-refractivity contribution in [3.05, 3.63) is 45.5 Å². The molecule has 0 amide bonds. The van der Waals surface area contributed by atoms with Crippen molar-refractivity contribution in [1.82, 2.24) is 14.8 Å². The fourth-order valence-electron chi connectivity index (χ4n) is 3.06. The van der Waals surface area contributed by atoms with E-state index >= 15 is 0 Å². The Balaban J connectivity index is 2.35. The van der Waals surface area contributed by atoms with Crippen molar-refractivity contribution in [1.29, 1.82) is 0 Å². The van der Waals surface area contributed by atoms with Crippen LogP contribution in [0.2, 0.25) is 10.3 Å². The molecule has 0 aliphatic heterocycles. The molecule has 118 valence electrons. The smallest absolute Gasteiger partial charge is 0.221 e. The van der Waals surface area contributed by atoms with Gasteiger partial charge in [-0.25, -0.2) is 27.2 Å². The highest BCUT2D eigenvalue weighted by Gasteiger charge is 2.46. The van der Waals surface area contributed by atoms with Crippen LogP contribution >= 0.6 is 23.2 Å². The highest BCUT2D eigenvalue weighted by Crippen LogP contribution is 2.46. The van der Waals surface area contributed by atoms with Crippen LogP contribution in [0.25, 0.3) is 0 Å². The van der Waals surface area contributed by atoms with E-state index in [0.29, 0.717) is 12.8 Å². The maximum atomic E-state index is 14.4. The molecule has 1 aromatic carbocycles. The van der Waals surface area contributed by atoms with Crippen LogP contribution in [0.15, 0.2) is 6.33 Å². The first kappa shape index (κ1) is 15.6. The van der Waals surface area contributed by atoms with Gasteiger partial charge in [0.1, 0.15) is 11.3 Å². The molecule has 1 aliphatic carbocycles. The van der Waals surface area contributed by atoms with Gasteiger partial charge < -0.3 is 0 Å². The van der Waals surface area contributed by atoms with Crippen molar-refractivity contribution in [2.45, 2.75) is 31.2 Å². The Hall–Kier alpha value is -1.34. The van der Waals surface area contributed by atoms with Crippen molar-refractivity contribution < 1.29 is 17.6 Å². The highest BCUT2D eigenvalue weighted by atomic mass is 35.5. The Morgan fingerprint density at radius 2 is 1.50 bits per heavy atom. The van der Waals surface area contributed by atoms with Crippen LogP contribution in [0.5, 0.6) is 0 Å². The van der Waals surface area contributed by atoms with E-state index in [2.05, 4.69) is 10.1 Å². The molecule has 0 saturated heterocycles. The van der Waals surface area contributed by atoms with Crippen molar-refractivity contribution in [3.63, 3.8) is 0 Å². The standard InChI is InChI=1S/C13H9Cl2F4N3/c14-7-10(18)8(16)6(9(17)11(7)19)13(3-1-2-4-13)22-12(15)20-5-21-22/h5H,1-4H2. The van der Waals surface area contributed by atoms with Gasteiger partial charge in [-0.05, 0) is 24.4 Å². The van der Waals surface area contributed by atoms with Gasteiger partial charge in [-0.1, -0.05) is 24.4 Å². The number of benzene rings is 1. The topological polar surface area (TPSA) is 30.7 Å². The van der Waals surface area contributed by atoms with Crippen LogP contribution < -0.4 is 0 Å². The lowest BCUT2D eigenvalue weighted by molar-refractivity contribution is 0.290. The molecule has 0 N–H and O–H groups in total. The summed E-state index contributed by atoms with van der Waals surface area (Å²) in [7, 11) is 0. The molecule has 2 aromatic rings. The minimum absolute atomic E-state index is 0.114. The Kier molecular flexibility index (Phi) is 3.81. The molecule has 1 saturated carbocycles. The van der Waals surface area contributed by atoms with Crippen LogP contribution in [0, 0.1) is 23.3 Å².